The van der Waals surface area contributed by atoms with E-state index in [1.54, 1.807) is 37.4 Å². The summed E-state index contributed by atoms with van der Waals surface area (Å²) >= 11 is 0. The molecule has 1 N–H and O–H groups in total. The smallest absolute Gasteiger partial charge is 0.337 e. The fourth-order valence-corrected chi connectivity index (χ4v) is 4.80. The van der Waals surface area contributed by atoms with Crippen molar-refractivity contribution in [1.29, 1.82) is 0 Å². The number of fused-ring (bicyclic) bond motifs is 1. The molecule has 0 radical (unpaired) electrons. The first-order valence-corrected chi connectivity index (χ1v) is 10.5. The lowest BCUT2D eigenvalue weighted by atomic mass is 9.78. The van der Waals surface area contributed by atoms with Crippen LogP contribution < -0.4 is 9.47 Å². The van der Waals surface area contributed by atoms with Crippen LogP contribution in [0.3, 0.4) is 0 Å². The summed E-state index contributed by atoms with van der Waals surface area (Å²) in [6, 6.07) is 11.4. The quantitative estimate of drug-likeness (QED) is 0.711. The average Bonchev–Trinajstić information content (AvgIpc) is 3.16. The Kier molecular flexibility index (Phi) is 6.43. The third kappa shape index (κ3) is 4.83. The molecule has 2 aromatic rings. The van der Waals surface area contributed by atoms with Crippen molar-refractivity contribution in [2.75, 3.05) is 27.3 Å². The van der Waals surface area contributed by atoms with Gasteiger partial charge in [0.05, 0.1) is 25.9 Å². The lowest BCUT2D eigenvalue weighted by molar-refractivity contribution is -0.0231. The van der Waals surface area contributed by atoms with Crippen LogP contribution in [0, 0.1) is 17.7 Å². The van der Waals surface area contributed by atoms with Gasteiger partial charge in [-0.3, -0.25) is 4.90 Å². The lowest BCUT2D eigenvalue weighted by Gasteiger charge is -2.35. The Morgan fingerprint density at radius 2 is 1.81 bits per heavy atom. The molecular weight excluding hydrogens is 401 g/mol. The normalized spacial score (nSPS) is 25.7. The zero-order valence-corrected chi connectivity index (χ0v) is 17.8. The monoisotopic (exact) mass is 429 g/mol. The highest BCUT2D eigenvalue weighted by Crippen LogP contribution is 2.39. The minimum absolute atomic E-state index is 0.287. The number of esters is 1. The molecule has 0 amide bonds. The minimum atomic E-state index is -0.540. The van der Waals surface area contributed by atoms with Gasteiger partial charge in [0.15, 0.2) is 0 Å². The summed E-state index contributed by atoms with van der Waals surface area (Å²) in [5.41, 5.74) is 1.42. The van der Waals surface area contributed by atoms with Crippen LogP contribution in [0.15, 0.2) is 42.5 Å². The van der Waals surface area contributed by atoms with Gasteiger partial charge in [-0.05, 0) is 55.0 Å². The van der Waals surface area contributed by atoms with E-state index in [1.165, 1.54) is 19.2 Å². The van der Waals surface area contributed by atoms with Gasteiger partial charge in [0.25, 0.3) is 0 Å². The molecule has 1 aliphatic heterocycles. The number of nitrogens with zero attached hydrogens (tertiary/aromatic N) is 1. The van der Waals surface area contributed by atoms with E-state index >= 15 is 0 Å². The molecule has 0 spiro atoms. The number of aliphatic hydroxyl groups is 1. The summed E-state index contributed by atoms with van der Waals surface area (Å²) in [5, 5.41) is 10.7. The zero-order chi connectivity index (χ0) is 22.0. The highest BCUT2D eigenvalue weighted by Gasteiger charge is 2.42. The van der Waals surface area contributed by atoms with Gasteiger partial charge >= 0.3 is 5.97 Å². The summed E-state index contributed by atoms with van der Waals surface area (Å²) in [7, 11) is 2.90. The van der Waals surface area contributed by atoms with E-state index in [1.807, 2.05) is 0 Å². The zero-order valence-electron chi connectivity index (χ0n) is 17.8. The predicted molar refractivity (Wildman–Crippen MR) is 113 cm³/mol. The number of likely N-dealkylation sites (tertiary alicyclic amines) is 1. The first-order chi connectivity index (χ1) is 15.0. The molecule has 2 aromatic carbocycles. The maximum atomic E-state index is 13.5. The Hall–Kier alpha value is -2.64. The molecule has 2 aliphatic rings. The van der Waals surface area contributed by atoms with Crippen molar-refractivity contribution >= 4 is 5.97 Å². The van der Waals surface area contributed by atoms with Crippen molar-refractivity contribution in [1.82, 2.24) is 4.90 Å². The van der Waals surface area contributed by atoms with Crippen molar-refractivity contribution in [2.24, 2.45) is 11.8 Å². The third-order valence-electron chi connectivity index (χ3n) is 6.37. The first-order valence-electron chi connectivity index (χ1n) is 10.5. The fourth-order valence-electron chi connectivity index (χ4n) is 4.80. The van der Waals surface area contributed by atoms with Crippen LogP contribution in [0.2, 0.25) is 0 Å². The number of aliphatic hydroxyl groups excluding tert-OH is 1. The van der Waals surface area contributed by atoms with Crippen molar-refractivity contribution in [3.63, 3.8) is 0 Å². The van der Waals surface area contributed by atoms with E-state index in [4.69, 9.17) is 14.2 Å². The lowest BCUT2D eigenvalue weighted by Crippen LogP contribution is -2.42. The Balaban J connectivity index is 1.37. The molecule has 2 fully saturated rings. The standard InChI is InChI=1S/C24H28FNO5/c1-29-22-11-19(25)6-3-16(22)12-26-13-17-9-21(27)23(10-18(17)14-26)31-20-7-4-15(5-8-20)24(28)30-2/h3-8,11,17-18,21,23,27H,9-10,12-14H2,1-2H3/t17-,18+,21-,23-/m0/s1. The van der Waals surface area contributed by atoms with Gasteiger partial charge in [-0.1, -0.05) is 6.07 Å². The minimum Gasteiger partial charge on any atom is -0.496 e. The van der Waals surface area contributed by atoms with Gasteiger partial charge in [-0.15, -0.1) is 0 Å². The molecular formula is C24H28FNO5. The maximum Gasteiger partial charge on any atom is 0.337 e. The number of benzene rings is 2. The SMILES string of the molecule is COC(=O)c1ccc(O[C@H]2C[C@@H]3CN(Cc4ccc(F)cc4OC)C[C@@H]3C[C@@H]2O)cc1. The molecule has 31 heavy (non-hydrogen) atoms. The number of hydrogen-bond donors (Lipinski definition) is 1. The highest BCUT2D eigenvalue weighted by atomic mass is 19.1. The average molecular weight is 429 g/mol. The number of carbonyl (C=O) groups excluding carboxylic acids is 1. The number of rotatable bonds is 6. The van der Waals surface area contributed by atoms with E-state index in [0.29, 0.717) is 41.9 Å². The van der Waals surface area contributed by atoms with Crippen LogP contribution in [0.5, 0.6) is 11.5 Å². The Labute approximate surface area is 181 Å². The van der Waals surface area contributed by atoms with Crippen LogP contribution in [-0.2, 0) is 11.3 Å². The van der Waals surface area contributed by atoms with E-state index < -0.39 is 12.1 Å². The highest BCUT2D eigenvalue weighted by molar-refractivity contribution is 5.89. The summed E-state index contributed by atoms with van der Waals surface area (Å²) in [6.45, 7) is 2.48. The number of carbonyl (C=O) groups is 1. The molecule has 0 aromatic heterocycles. The second kappa shape index (κ2) is 9.24. The van der Waals surface area contributed by atoms with Crippen LogP contribution >= 0.6 is 0 Å². The second-order valence-electron chi connectivity index (χ2n) is 8.38. The molecule has 0 unspecified atom stereocenters. The van der Waals surface area contributed by atoms with Crippen molar-refractivity contribution in [3.8, 4) is 11.5 Å². The van der Waals surface area contributed by atoms with Crippen LogP contribution in [-0.4, -0.2) is 55.5 Å². The first kappa shape index (κ1) is 21.6. The fraction of sp³-hybridized carbons (Fsp3) is 0.458. The van der Waals surface area contributed by atoms with E-state index in [-0.39, 0.29) is 11.9 Å². The number of ether oxygens (including phenoxy) is 3. The van der Waals surface area contributed by atoms with Crippen LogP contribution in [0.4, 0.5) is 4.39 Å². The Morgan fingerprint density at radius 1 is 1.10 bits per heavy atom. The molecule has 1 saturated heterocycles. The Morgan fingerprint density at radius 3 is 2.48 bits per heavy atom. The summed E-state index contributed by atoms with van der Waals surface area (Å²) in [4.78, 5) is 13.9. The summed E-state index contributed by atoms with van der Waals surface area (Å²) in [5.74, 6) is 1.32. The molecule has 4 rings (SSSR count). The number of methoxy groups -OCH3 is 2. The van der Waals surface area contributed by atoms with Crippen LogP contribution in [0.1, 0.15) is 28.8 Å². The van der Waals surface area contributed by atoms with Gasteiger partial charge in [0.1, 0.15) is 23.4 Å². The molecule has 1 aliphatic carbocycles. The van der Waals surface area contributed by atoms with Crippen molar-refractivity contribution in [3.05, 3.63) is 59.4 Å². The number of halogens is 1. The number of hydrogen-bond acceptors (Lipinski definition) is 6. The second-order valence-corrected chi connectivity index (χ2v) is 8.38. The summed E-state index contributed by atoms with van der Waals surface area (Å²) < 4.78 is 29.6. The predicted octanol–water partition coefficient (Wildman–Crippen LogP) is 3.27. The third-order valence-corrected chi connectivity index (χ3v) is 6.37. The largest absolute Gasteiger partial charge is 0.496 e. The maximum absolute atomic E-state index is 13.5. The van der Waals surface area contributed by atoms with E-state index in [0.717, 1.165) is 25.1 Å². The molecule has 4 atom stereocenters. The van der Waals surface area contributed by atoms with Crippen LogP contribution in [0.25, 0.3) is 0 Å². The molecule has 1 saturated carbocycles. The van der Waals surface area contributed by atoms with Gasteiger partial charge < -0.3 is 19.3 Å². The van der Waals surface area contributed by atoms with Gasteiger partial charge in [-0.2, -0.15) is 0 Å². The topological polar surface area (TPSA) is 68.2 Å². The van der Waals surface area contributed by atoms with Gasteiger partial charge in [0, 0.05) is 31.3 Å². The molecule has 0 bridgehead atoms. The van der Waals surface area contributed by atoms with Gasteiger partial charge in [0.2, 0.25) is 0 Å². The van der Waals surface area contributed by atoms with Crippen molar-refractivity contribution < 1.29 is 28.5 Å². The van der Waals surface area contributed by atoms with Gasteiger partial charge in [-0.25, -0.2) is 9.18 Å². The molecule has 7 heteroatoms. The van der Waals surface area contributed by atoms with Crippen molar-refractivity contribution in [2.45, 2.75) is 31.6 Å². The summed E-state index contributed by atoms with van der Waals surface area (Å²) in [6.07, 6.45) is 0.626. The molecule has 166 valence electrons. The Bertz CT molecular complexity index is 919. The molecule has 1 heterocycles. The van der Waals surface area contributed by atoms with E-state index in [9.17, 15) is 14.3 Å². The molecule has 6 nitrogen and oxygen atoms in total. The van der Waals surface area contributed by atoms with E-state index in [2.05, 4.69) is 4.90 Å².